The van der Waals surface area contributed by atoms with Crippen molar-refractivity contribution in [3.05, 3.63) is 17.4 Å². The second-order valence-electron chi connectivity index (χ2n) is 7.84. The number of anilines is 1. The first-order valence-corrected chi connectivity index (χ1v) is 8.83. The van der Waals surface area contributed by atoms with Gasteiger partial charge in [-0.25, -0.2) is 4.98 Å². The van der Waals surface area contributed by atoms with Crippen LogP contribution in [0.4, 0.5) is 5.69 Å². The van der Waals surface area contributed by atoms with Crippen LogP contribution in [-0.2, 0) is 9.31 Å². The summed E-state index contributed by atoms with van der Waals surface area (Å²) < 4.78 is 12.3. The molecular formula is C17H26BClN2O2. The minimum absolute atomic E-state index is 0.349. The highest BCUT2D eigenvalue weighted by molar-refractivity contribution is 6.62. The van der Waals surface area contributed by atoms with Gasteiger partial charge in [0.1, 0.15) is 0 Å². The Morgan fingerprint density at radius 3 is 2.30 bits per heavy atom. The zero-order chi connectivity index (χ0) is 16.8. The maximum atomic E-state index is 6.35. The van der Waals surface area contributed by atoms with Gasteiger partial charge in [0.15, 0.2) is 5.15 Å². The fraction of sp³-hybridized carbons (Fsp3) is 0.706. The number of aromatic nitrogens is 1. The van der Waals surface area contributed by atoms with Crippen molar-refractivity contribution >= 4 is 29.9 Å². The summed E-state index contributed by atoms with van der Waals surface area (Å²) in [4.78, 5) is 6.70. The third-order valence-corrected chi connectivity index (χ3v) is 5.78. The third-order valence-electron chi connectivity index (χ3n) is 5.49. The van der Waals surface area contributed by atoms with Crippen molar-refractivity contribution in [3.8, 4) is 0 Å². The van der Waals surface area contributed by atoms with Crippen LogP contribution in [0.25, 0.3) is 0 Å². The summed E-state index contributed by atoms with van der Waals surface area (Å²) in [5.41, 5.74) is 1.23. The molecule has 0 saturated carbocycles. The molecule has 1 aromatic heterocycles. The van der Waals surface area contributed by atoms with Gasteiger partial charge in [0.2, 0.25) is 0 Å². The Bertz CT molecular complexity index is 570. The van der Waals surface area contributed by atoms with E-state index in [1.807, 2.05) is 0 Å². The fourth-order valence-corrected chi connectivity index (χ4v) is 3.25. The van der Waals surface area contributed by atoms with E-state index < -0.39 is 7.12 Å². The highest BCUT2D eigenvalue weighted by Crippen LogP contribution is 2.37. The number of rotatable bonds is 2. The quantitative estimate of drug-likeness (QED) is 0.613. The normalized spacial score (nSPS) is 24.3. The first-order chi connectivity index (χ1) is 10.7. The highest BCUT2D eigenvalue weighted by Gasteiger charge is 2.52. The van der Waals surface area contributed by atoms with Crippen molar-refractivity contribution in [1.29, 1.82) is 0 Å². The van der Waals surface area contributed by atoms with Gasteiger partial charge in [-0.3, -0.25) is 0 Å². The number of nitrogens with zero attached hydrogens (tertiary/aromatic N) is 2. The van der Waals surface area contributed by atoms with E-state index in [-0.39, 0.29) is 11.2 Å². The van der Waals surface area contributed by atoms with E-state index in [0.717, 1.165) is 30.2 Å². The molecule has 0 aromatic carbocycles. The van der Waals surface area contributed by atoms with E-state index in [4.69, 9.17) is 20.9 Å². The molecule has 0 atom stereocenters. The van der Waals surface area contributed by atoms with Gasteiger partial charge in [-0.15, -0.1) is 0 Å². The molecule has 0 aliphatic carbocycles. The molecule has 2 aliphatic heterocycles. The number of halogens is 1. The highest BCUT2D eigenvalue weighted by atomic mass is 35.5. The Labute approximate surface area is 144 Å². The van der Waals surface area contributed by atoms with Gasteiger partial charge >= 0.3 is 7.12 Å². The average Bonchev–Trinajstić information content (AvgIpc) is 2.69. The molecule has 0 spiro atoms. The predicted molar refractivity (Wildman–Crippen MR) is 95.6 cm³/mol. The lowest BCUT2D eigenvalue weighted by Gasteiger charge is -2.32. The monoisotopic (exact) mass is 336 g/mol. The Morgan fingerprint density at radius 2 is 1.74 bits per heavy atom. The van der Waals surface area contributed by atoms with E-state index in [0.29, 0.717) is 5.15 Å². The first-order valence-electron chi connectivity index (χ1n) is 8.46. The maximum Gasteiger partial charge on any atom is 0.496 e. The Hall–Kier alpha value is -0.775. The van der Waals surface area contributed by atoms with Crippen LogP contribution in [0.5, 0.6) is 0 Å². The van der Waals surface area contributed by atoms with E-state index in [9.17, 15) is 0 Å². The summed E-state index contributed by atoms with van der Waals surface area (Å²) >= 11 is 6.35. The van der Waals surface area contributed by atoms with Crippen molar-refractivity contribution in [1.82, 2.24) is 4.98 Å². The zero-order valence-electron chi connectivity index (χ0n) is 14.7. The summed E-state index contributed by atoms with van der Waals surface area (Å²) in [6.07, 6.45) is 4.15. The molecule has 1 aromatic rings. The molecule has 0 radical (unpaired) electrons. The molecule has 2 saturated heterocycles. The second kappa shape index (κ2) is 5.94. The lowest BCUT2D eigenvalue weighted by Crippen LogP contribution is -2.41. The summed E-state index contributed by atoms with van der Waals surface area (Å²) in [7, 11) is -0.396. The van der Waals surface area contributed by atoms with Crippen LogP contribution in [0.1, 0.15) is 47.5 Å². The number of pyridine rings is 1. The first kappa shape index (κ1) is 17.1. The summed E-state index contributed by atoms with van der Waals surface area (Å²) in [5.74, 6) is 0.782. The standard InChI is InChI=1S/C17H26BClN2O2/c1-12-6-8-21(9-7-12)14-10-13(11-20-15(14)19)18-22-16(2,3)17(4,5)23-18/h10-12H,6-9H2,1-5H3. The molecule has 126 valence electrons. The van der Waals surface area contributed by atoms with Gasteiger partial charge in [-0.2, -0.15) is 0 Å². The molecule has 0 amide bonds. The molecule has 4 nitrogen and oxygen atoms in total. The van der Waals surface area contributed by atoms with Crippen LogP contribution in [0.2, 0.25) is 5.15 Å². The molecule has 23 heavy (non-hydrogen) atoms. The molecule has 0 bridgehead atoms. The molecule has 0 N–H and O–H groups in total. The Balaban J connectivity index is 1.84. The van der Waals surface area contributed by atoms with Crippen LogP contribution in [0, 0.1) is 5.92 Å². The van der Waals surface area contributed by atoms with E-state index in [1.165, 1.54) is 12.8 Å². The fourth-order valence-electron chi connectivity index (χ4n) is 3.03. The lowest BCUT2D eigenvalue weighted by molar-refractivity contribution is 0.00578. The molecule has 2 aliphatic rings. The average molecular weight is 337 g/mol. The van der Waals surface area contributed by atoms with Crippen molar-refractivity contribution in [2.45, 2.75) is 58.7 Å². The van der Waals surface area contributed by atoms with Crippen LogP contribution in [0.3, 0.4) is 0 Å². The Kier molecular flexibility index (Phi) is 4.41. The summed E-state index contributed by atoms with van der Waals surface area (Å²) in [5, 5.41) is 0.555. The van der Waals surface area contributed by atoms with Gasteiger partial charge < -0.3 is 14.2 Å². The van der Waals surface area contributed by atoms with E-state index in [2.05, 4.69) is 50.6 Å². The zero-order valence-corrected chi connectivity index (χ0v) is 15.5. The van der Waals surface area contributed by atoms with E-state index >= 15 is 0 Å². The number of hydrogen-bond acceptors (Lipinski definition) is 4. The molecular weight excluding hydrogens is 310 g/mol. The molecule has 0 unspecified atom stereocenters. The van der Waals surface area contributed by atoms with Crippen molar-refractivity contribution in [2.75, 3.05) is 18.0 Å². The minimum atomic E-state index is -0.396. The SMILES string of the molecule is CC1CCN(c2cc(B3OC(C)(C)C(C)(C)O3)cnc2Cl)CC1. The molecule has 3 heterocycles. The van der Waals surface area contributed by atoms with Gasteiger partial charge in [0, 0.05) is 24.7 Å². The van der Waals surface area contributed by atoms with Gasteiger partial charge in [-0.05, 0) is 52.5 Å². The largest absolute Gasteiger partial charge is 0.496 e. The van der Waals surface area contributed by atoms with Crippen LogP contribution < -0.4 is 10.4 Å². The third kappa shape index (κ3) is 3.24. The summed E-state index contributed by atoms with van der Waals surface area (Å²) in [6.45, 7) is 12.6. The van der Waals surface area contributed by atoms with E-state index in [1.54, 1.807) is 6.20 Å². The van der Waals surface area contributed by atoms with Crippen LogP contribution in [-0.4, -0.2) is 36.4 Å². The van der Waals surface area contributed by atoms with Gasteiger partial charge in [-0.1, -0.05) is 18.5 Å². The summed E-state index contributed by atoms with van der Waals surface area (Å²) in [6, 6.07) is 2.08. The second-order valence-corrected chi connectivity index (χ2v) is 8.19. The molecule has 6 heteroatoms. The lowest BCUT2D eigenvalue weighted by atomic mass is 9.80. The van der Waals surface area contributed by atoms with Crippen LogP contribution in [0.15, 0.2) is 12.3 Å². The van der Waals surface area contributed by atoms with Gasteiger partial charge in [0.05, 0.1) is 16.9 Å². The van der Waals surface area contributed by atoms with Crippen molar-refractivity contribution in [3.63, 3.8) is 0 Å². The molecule has 2 fully saturated rings. The van der Waals surface area contributed by atoms with Crippen LogP contribution >= 0.6 is 11.6 Å². The van der Waals surface area contributed by atoms with Gasteiger partial charge in [0.25, 0.3) is 0 Å². The number of hydrogen-bond donors (Lipinski definition) is 0. The minimum Gasteiger partial charge on any atom is -0.399 e. The molecule has 3 rings (SSSR count). The van der Waals surface area contributed by atoms with Crippen molar-refractivity contribution in [2.24, 2.45) is 5.92 Å². The smallest absolute Gasteiger partial charge is 0.399 e. The number of piperidine rings is 1. The van der Waals surface area contributed by atoms with Crippen molar-refractivity contribution < 1.29 is 9.31 Å². The topological polar surface area (TPSA) is 34.6 Å². The maximum absolute atomic E-state index is 6.35. The predicted octanol–water partition coefficient (Wildman–Crippen LogP) is 3.27. The Morgan fingerprint density at radius 1 is 1.17 bits per heavy atom.